The molecule has 0 fully saturated rings. The maximum absolute atomic E-state index is 14.7. The summed E-state index contributed by atoms with van der Waals surface area (Å²) < 4.78 is 87.9. The summed E-state index contributed by atoms with van der Waals surface area (Å²) in [5, 5.41) is 2.47. The first-order valence-electron chi connectivity index (χ1n) is 20.4. The van der Waals surface area contributed by atoms with Gasteiger partial charge in [-0.15, -0.1) is 0 Å². The summed E-state index contributed by atoms with van der Waals surface area (Å²) in [6.45, 7) is 4.16. The molecule has 0 saturated carbocycles. The van der Waals surface area contributed by atoms with E-state index < -0.39 is 56.5 Å². The SMILES string of the molecule is CCCC1=Cc2c(-c3ccccc3C(F)(F)F)cccc2[CH]1[Hf]([Cl])([Cl])([c]1cccc2c1[SiH2]c1ccccc1-2)[CH]1C(CCC)=Cc2c(-c3ccccc3C(F)(F)F)cccc21. The predicted octanol–water partition coefficient (Wildman–Crippen LogP) is 13.7. The zero-order valence-electron chi connectivity index (χ0n) is 33.0. The number of benzene rings is 6. The fraction of sp³-hybridized carbons (Fsp3) is 0.200. The van der Waals surface area contributed by atoms with Crippen molar-refractivity contribution in [3.05, 3.63) is 172 Å². The molecular weight excluding hydrogens is 992 g/mol. The Morgan fingerprint density at radius 2 is 0.917 bits per heavy atom. The third kappa shape index (κ3) is 6.49. The van der Waals surface area contributed by atoms with Gasteiger partial charge in [0.1, 0.15) is 0 Å². The predicted molar refractivity (Wildman–Crippen MR) is 236 cm³/mol. The van der Waals surface area contributed by atoms with E-state index in [4.69, 9.17) is 17.2 Å². The van der Waals surface area contributed by atoms with Crippen molar-refractivity contribution in [1.82, 2.24) is 0 Å². The molecule has 0 spiro atoms. The quantitative estimate of drug-likeness (QED) is 0.0998. The number of allylic oxidation sites excluding steroid dienone is 2. The maximum atomic E-state index is 14.7. The summed E-state index contributed by atoms with van der Waals surface area (Å²) in [7, 11) is 17.0. The van der Waals surface area contributed by atoms with Crippen LogP contribution in [0, 0.1) is 0 Å². The third-order valence-corrected chi connectivity index (χ3v) is 44.6. The fourth-order valence-corrected chi connectivity index (χ4v) is 49.8. The van der Waals surface area contributed by atoms with Crippen molar-refractivity contribution in [2.45, 2.75) is 59.2 Å². The van der Waals surface area contributed by atoms with Crippen molar-refractivity contribution in [2.75, 3.05) is 0 Å². The van der Waals surface area contributed by atoms with E-state index in [1.165, 1.54) is 34.6 Å². The molecular formula is C50H41Cl2F6HfSi. The Kier molecular flexibility index (Phi) is 10.4. The van der Waals surface area contributed by atoms with Gasteiger partial charge in [0.2, 0.25) is 0 Å². The van der Waals surface area contributed by atoms with Crippen LogP contribution in [0.25, 0.3) is 45.5 Å². The Hall–Kier alpha value is -3.95. The number of fused-ring (bicyclic) bond motifs is 5. The molecule has 0 amide bonds. The van der Waals surface area contributed by atoms with Gasteiger partial charge in [0, 0.05) is 0 Å². The van der Waals surface area contributed by atoms with Crippen molar-refractivity contribution in [1.29, 1.82) is 0 Å². The Morgan fingerprint density at radius 3 is 1.40 bits per heavy atom. The molecule has 0 aromatic heterocycles. The van der Waals surface area contributed by atoms with Gasteiger partial charge in [-0.1, -0.05) is 0 Å². The van der Waals surface area contributed by atoms with Gasteiger partial charge in [-0.3, -0.25) is 0 Å². The average Bonchev–Trinajstić information content (AvgIpc) is 3.92. The number of halogens is 8. The summed E-state index contributed by atoms with van der Waals surface area (Å²) in [6.07, 6.45) is -2.35. The molecule has 1 heterocycles. The number of rotatable bonds is 9. The van der Waals surface area contributed by atoms with Crippen LogP contribution in [0.1, 0.15) is 80.3 Å². The van der Waals surface area contributed by atoms with Gasteiger partial charge in [0.25, 0.3) is 0 Å². The summed E-state index contributed by atoms with van der Waals surface area (Å²) in [5.74, 6) is 0. The molecule has 9 rings (SSSR count). The van der Waals surface area contributed by atoms with Gasteiger partial charge in [-0.2, -0.15) is 0 Å². The Labute approximate surface area is 357 Å². The molecule has 2 unspecified atom stereocenters. The van der Waals surface area contributed by atoms with Gasteiger partial charge < -0.3 is 0 Å². The second-order valence-corrected chi connectivity index (χ2v) is 47.4. The van der Waals surface area contributed by atoms with Crippen molar-refractivity contribution < 1.29 is 42.5 Å². The standard InChI is InChI=1S/2C19H16F3.C12H9Si.2ClH.Hf/c2*1-2-6-13-11-14-7-5-9-15(17(14)12-13)16-8-3-4-10-18(16)19(20,21)22;1-3-7-11-9(5-1)10-6-2-4-8-12(10)13-11;;;/h2*3-5,7-12H,2,6H2,1H3;1-7H,13H2;2*1H;/q;;;;;+2/p-2. The van der Waals surface area contributed by atoms with Crippen LogP contribution < -0.4 is 13.7 Å². The molecule has 2 aliphatic carbocycles. The van der Waals surface area contributed by atoms with Crippen LogP contribution in [-0.2, 0) is 28.5 Å². The van der Waals surface area contributed by atoms with E-state index >= 15 is 0 Å². The molecule has 3 aliphatic rings. The fourth-order valence-electron chi connectivity index (χ4n) is 10.7. The van der Waals surface area contributed by atoms with E-state index in [0.717, 1.165) is 61.7 Å². The summed E-state index contributed by atoms with van der Waals surface area (Å²) in [5.41, 5.74) is 6.91. The van der Waals surface area contributed by atoms with Crippen molar-refractivity contribution in [3.8, 4) is 33.4 Å². The molecule has 2 atom stereocenters. The molecule has 1 aliphatic heterocycles. The number of hydrogen-bond donors (Lipinski definition) is 0. The molecule has 6 aromatic carbocycles. The molecule has 0 N–H and O–H groups in total. The zero-order chi connectivity index (χ0) is 42.2. The molecule has 305 valence electrons. The molecule has 10 heteroatoms. The minimum atomic E-state index is -6.26. The van der Waals surface area contributed by atoms with E-state index in [1.54, 1.807) is 24.3 Å². The zero-order valence-corrected chi connectivity index (χ0v) is 39.5. The van der Waals surface area contributed by atoms with Gasteiger partial charge in [-0.05, 0) is 0 Å². The Bertz CT molecular complexity index is 2630. The van der Waals surface area contributed by atoms with Crippen molar-refractivity contribution in [2.24, 2.45) is 0 Å². The first-order valence-corrected chi connectivity index (χ1v) is 36.7. The molecule has 0 saturated heterocycles. The second-order valence-electron chi connectivity index (χ2n) is 16.3. The van der Waals surface area contributed by atoms with Crippen LogP contribution in [-0.4, -0.2) is 9.52 Å². The van der Waals surface area contributed by atoms with E-state index in [2.05, 4.69) is 56.3 Å². The van der Waals surface area contributed by atoms with E-state index in [-0.39, 0.29) is 11.1 Å². The van der Waals surface area contributed by atoms with Crippen LogP contribution >= 0.6 is 17.2 Å². The van der Waals surface area contributed by atoms with E-state index in [0.29, 0.717) is 35.1 Å². The summed E-state index contributed by atoms with van der Waals surface area (Å²) in [4.78, 5) is 0. The first kappa shape index (κ1) is 41.4. The van der Waals surface area contributed by atoms with Gasteiger partial charge >= 0.3 is 360 Å². The molecule has 6 aromatic rings. The van der Waals surface area contributed by atoms with Crippen LogP contribution in [0.3, 0.4) is 0 Å². The summed E-state index contributed by atoms with van der Waals surface area (Å²) >= 11 is -6.26. The van der Waals surface area contributed by atoms with E-state index in [1.807, 2.05) is 36.4 Å². The van der Waals surface area contributed by atoms with E-state index in [9.17, 15) is 26.3 Å². The Morgan fingerprint density at radius 1 is 0.500 bits per heavy atom. The van der Waals surface area contributed by atoms with Crippen LogP contribution in [0.5, 0.6) is 0 Å². The topological polar surface area (TPSA) is 0 Å². The number of hydrogen-bond acceptors (Lipinski definition) is 0. The average molecular weight is 1030 g/mol. The first-order chi connectivity index (χ1) is 28.7. The van der Waals surface area contributed by atoms with Crippen molar-refractivity contribution in [3.63, 3.8) is 0 Å². The van der Waals surface area contributed by atoms with Crippen molar-refractivity contribution >= 4 is 52.5 Å². The monoisotopic (exact) mass is 1030 g/mol. The normalized spacial score (nSPS) is 18.0. The molecule has 60 heavy (non-hydrogen) atoms. The Balaban J connectivity index is 1.37. The summed E-state index contributed by atoms with van der Waals surface area (Å²) in [6, 6.07) is 37.2. The molecule has 0 bridgehead atoms. The van der Waals surface area contributed by atoms with Crippen LogP contribution in [0.2, 0.25) is 0 Å². The van der Waals surface area contributed by atoms with Gasteiger partial charge in [0.15, 0.2) is 0 Å². The van der Waals surface area contributed by atoms with Crippen LogP contribution in [0.15, 0.2) is 139 Å². The second kappa shape index (κ2) is 15.1. The van der Waals surface area contributed by atoms with Gasteiger partial charge in [0.05, 0.1) is 0 Å². The van der Waals surface area contributed by atoms with Gasteiger partial charge in [-0.25, -0.2) is 0 Å². The third-order valence-electron chi connectivity index (χ3n) is 12.8. The molecule has 0 radical (unpaired) electrons. The molecule has 0 nitrogen and oxygen atoms in total. The number of alkyl halides is 6. The van der Waals surface area contributed by atoms with Crippen LogP contribution in [0.4, 0.5) is 26.3 Å². The minimum absolute atomic E-state index is 0.0870.